The highest BCUT2D eigenvalue weighted by Gasteiger charge is 2.20. The van der Waals surface area contributed by atoms with Gasteiger partial charge in [0.05, 0.1) is 16.6 Å². The second-order valence-electron chi connectivity index (χ2n) is 5.83. The van der Waals surface area contributed by atoms with Gasteiger partial charge in [0, 0.05) is 19.4 Å². The van der Waals surface area contributed by atoms with Crippen molar-refractivity contribution in [1.82, 2.24) is 25.0 Å². The SMILES string of the molecule is Cn1nccc1-c1n[nH]c2ccnc(OC3CCCCC3)c12. The van der Waals surface area contributed by atoms with Gasteiger partial charge in [-0.3, -0.25) is 9.78 Å². The van der Waals surface area contributed by atoms with Gasteiger partial charge in [-0.1, -0.05) is 6.42 Å². The van der Waals surface area contributed by atoms with Crippen molar-refractivity contribution < 1.29 is 4.74 Å². The van der Waals surface area contributed by atoms with Gasteiger partial charge in [-0.15, -0.1) is 0 Å². The number of H-pyrrole nitrogens is 1. The highest BCUT2D eigenvalue weighted by Crippen LogP contribution is 2.33. The smallest absolute Gasteiger partial charge is 0.225 e. The number of rotatable bonds is 3. The molecule has 1 N–H and O–H groups in total. The summed E-state index contributed by atoms with van der Waals surface area (Å²) in [6.07, 6.45) is 9.80. The maximum Gasteiger partial charge on any atom is 0.225 e. The van der Waals surface area contributed by atoms with Crippen molar-refractivity contribution in [3.63, 3.8) is 0 Å². The fourth-order valence-electron chi connectivity index (χ4n) is 3.16. The van der Waals surface area contributed by atoms with Crippen LogP contribution in [0.1, 0.15) is 32.1 Å². The number of hydrogen-bond donors (Lipinski definition) is 1. The molecule has 0 aliphatic heterocycles. The summed E-state index contributed by atoms with van der Waals surface area (Å²) < 4.78 is 8.02. The van der Waals surface area contributed by atoms with Crippen molar-refractivity contribution in [3.05, 3.63) is 24.5 Å². The summed E-state index contributed by atoms with van der Waals surface area (Å²) in [7, 11) is 1.91. The van der Waals surface area contributed by atoms with Crippen LogP contribution in [0.2, 0.25) is 0 Å². The van der Waals surface area contributed by atoms with Gasteiger partial charge in [0.15, 0.2) is 0 Å². The van der Waals surface area contributed by atoms with Crippen LogP contribution in [0.4, 0.5) is 0 Å². The fraction of sp³-hybridized carbons (Fsp3) is 0.438. The van der Waals surface area contributed by atoms with Gasteiger partial charge in [-0.25, -0.2) is 4.98 Å². The lowest BCUT2D eigenvalue weighted by atomic mass is 9.98. The van der Waals surface area contributed by atoms with E-state index in [0.717, 1.165) is 35.1 Å². The molecule has 0 saturated heterocycles. The van der Waals surface area contributed by atoms with Gasteiger partial charge in [0.25, 0.3) is 0 Å². The Hall–Kier alpha value is -2.37. The zero-order valence-corrected chi connectivity index (χ0v) is 12.6. The Balaban J connectivity index is 1.78. The molecule has 3 aromatic heterocycles. The first-order valence-corrected chi connectivity index (χ1v) is 7.81. The Morgan fingerprint density at radius 2 is 2.05 bits per heavy atom. The first-order valence-electron chi connectivity index (χ1n) is 7.81. The third kappa shape index (κ3) is 2.24. The minimum atomic E-state index is 0.265. The van der Waals surface area contributed by atoms with Crippen LogP contribution in [-0.4, -0.2) is 31.1 Å². The lowest BCUT2D eigenvalue weighted by Crippen LogP contribution is -2.20. The standard InChI is InChI=1S/C16H19N5O/c1-21-13(8-10-18-21)15-14-12(19-20-15)7-9-17-16(14)22-11-5-3-2-4-6-11/h7-11H,2-6H2,1H3,(H,19,20). The van der Waals surface area contributed by atoms with Crippen LogP contribution in [0.15, 0.2) is 24.5 Å². The predicted molar refractivity (Wildman–Crippen MR) is 83.6 cm³/mol. The fourth-order valence-corrected chi connectivity index (χ4v) is 3.16. The molecule has 6 nitrogen and oxygen atoms in total. The minimum Gasteiger partial charge on any atom is -0.474 e. The molecule has 114 valence electrons. The maximum absolute atomic E-state index is 6.20. The Bertz CT molecular complexity index is 785. The number of hydrogen-bond acceptors (Lipinski definition) is 4. The van der Waals surface area contributed by atoms with Crippen molar-refractivity contribution in [2.24, 2.45) is 7.05 Å². The van der Waals surface area contributed by atoms with Crippen molar-refractivity contribution in [1.29, 1.82) is 0 Å². The van der Waals surface area contributed by atoms with Crippen LogP contribution in [0.5, 0.6) is 5.88 Å². The van der Waals surface area contributed by atoms with Crippen molar-refractivity contribution >= 4 is 10.9 Å². The predicted octanol–water partition coefficient (Wildman–Crippen LogP) is 3.07. The third-order valence-electron chi connectivity index (χ3n) is 4.34. The molecular formula is C16H19N5O. The number of nitrogens with zero attached hydrogens (tertiary/aromatic N) is 4. The largest absolute Gasteiger partial charge is 0.474 e. The average Bonchev–Trinajstić information content (AvgIpc) is 3.15. The molecule has 0 unspecified atom stereocenters. The summed E-state index contributed by atoms with van der Waals surface area (Å²) in [4.78, 5) is 4.46. The topological polar surface area (TPSA) is 68.6 Å². The van der Waals surface area contributed by atoms with Gasteiger partial charge in [0.1, 0.15) is 11.8 Å². The van der Waals surface area contributed by atoms with E-state index in [9.17, 15) is 0 Å². The molecular weight excluding hydrogens is 278 g/mol. The van der Waals surface area contributed by atoms with Crippen LogP contribution in [0, 0.1) is 0 Å². The molecule has 0 spiro atoms. The second kappa shape index (κ2) is 5.44. The van der Waals surface area contributed by atoms with Gasteiger partial charge in [-0.05, 0) is 37.8 Å². The molecule has 0 bridgehead atoms. The molecule has 22 heavy (non-hydrogen) atoms. The van der Waals surface area contributed by atoms with Crippen LogP contribution in [0.3, 0.4) is 0 Å². The molecule has 1 saturated carbocycles. The first-order chi connectivity index (χ1) is 10.8. The number of pyridine rings is 1. The molecule has 1 aliphatic carbocycles. The van der Waals surface area contributed by atoms with Gasteiger partial charge < -0.3 is 4.74 Å². The number of aromatic nitrogens is 5. The molecule has 1 aliphatic rings. The number of ether oxygens (including phenoxy) is 1. The Kier molecular flexibility index (Phi) is 3.29. The van der Waals surface area contributed by atoms with E-state index in [4.69, 9.17) is 4.74 Å². The Morgan fingerprint density at radius 1 is 1.18 bits per heavy atom. The van der Waals surface area contributed by atoms with Gasteiger partial charge in [-0.2, -0.15) is 10.2 Å². The van der Waals surface area contributed by atoms with Crippen LogP contribution >= 0.6 is 0 Å². The summed E-state index contributed by atoms with van der Waals surface area (Å²) in [6.45, 7) is 0. The number of nitrogens with one attached hydrogen (secondary N) is 1. The molecule has 0 atom stereocenters. The maximum atomic E-state index is 6.20. The number of fused-ring (bicyclic) bond motifs is 1. The normalized spacial score (nSPS) is 16.2. The second-order valence-corrected chi connectivity index (χ2v) is 5.83. The molecule has 0 radical (unpaired) electrons. The monoisotopic (exact) mass is 297 g/mol. The average molecular weight is 297 g/mol. The van der Waals surface area contributed by atoms with Crippen molar-refractivity contribution in [2.45, 2.75) is 38.2 Å². The number of aromatic amines is 1. The van der Waals surface area contributed by atoms with Crippen molar-refractivity contribution in [3.8, 4) is 17.3 Å². The van der Waals surface area contributed by atoms with Crippen molar-refractivity contribution in [2.75, 3.05) is 0 Å². The molecule has 3 aromatic rings. The van der Waals surface area contributed by atoms with Crippen LogP contribution < -0.4 is 4.74 Å². The summed E-state index contributed by atoms with van der Waals surface area (Å²) in [5.41, 5.74) is 2.73. The van der Waals surface area contributed by atoms with E-state index in [-0.39, 0.29) is 6.10 Å². The first kappa shape index (κ1) is 13.3. The molecule has 1 fully saturated rings. The number of aryl methyl sites for hydroxylation is 1. The lowest BCUT2D eigenvalue weighted by Gasteiger charge is -2.22. The highest BCUT2D eigenvalue weighted by molar-refractivity contribution is 5.95. The van der Waals surface area contributed by atoms with E-state index >= 15 is 0 Å². The zero-order chi connectivity index (χ0) is 14.9. The molecule has 6 heteroatoms. The van der Waals surface area contributed by atoms with Gasteiger partial charge >= 0.3 is 0 Å². The van der Waals surface area contributed by atoms with E-state index in [1.807, 2.05) is 23.9 Å². The van der Waals surface area contributed by atoms with E-state index < -0.39 is 0 Å². The van der Waals surface area contributed by atoms with E-state index in [1.54, 1.807) is 12.4 Å². The van der Waals surface area contributed by atoms with Crippen LogP contribution in [0.25, 0.3) is 22.3 Å². The Morgan fingerprint density at radius 3 is 2.82 bits per heavy atom. The molecule has 4 rings (SSSR count). The van der Waals surface area contributed by atoms with Gasteiger partial charge in [0.2, 0.25) is 5.88 Å². The molecule has 3 heterocycles. The van der Waals surface area contributed by atoms with E-state index in [1.165, 1.54) is 19.3 Å². The summed E-state index contributed by atoms with van der Waals surface area (Å²) in [5, 5.41) is 12.7. The summed E-state index contributed by atoms with van der Waals surface area (Å²) in [6, 6.07) is 3.88. The van der Waals surface area contributed by atoms with E-state index in [2.05, 4.69) is 20.3 Å². The lowest BCUT2D eigenvalue weighted by molar-refractivity contribution is 0.151. The minimum absolute atomic E-state index is 0.265. The zero-order valence-electron chi connectivity index (χ0n) is 12.6. The summed E-state index contributed by atoms with van der Waals surface area (Å²) >= 11 is 0. The van der Waals surface area contributed by atoms with Crippen LogP contribution in [-0.2, 0) is 7.05 Å². The molecule has 0 amide bonds. The van der Waals surface area contributed by atoms with E-state index in [0.29, 0.717) is 5.88 Å². The Labute approximate surface area is 128 Å². The summed E-state index contributed by atoms with van der Waals surface area (Å²) in [5.74, 6) is 0.675. The third-order valence-corrected chi connectivity index (χ3v) is 4.34. The highest BCUT2D eigenvalue weighted by atomic mass is 16.5. The quantitative estimate of drug-likeness (QED) is 0.806. The molecule has 0 aromatic carbocycles.